The Balaban J connectivity index is 2.34. The first-order valence-electron chi connectivity index (χ1n) is 6.56. The maximum Gasteiger partial charge on any atom is 0.337 e. The summed E-state index contributed by atoms with van der Waals surface area (Å²) in [5.41, 5.74) is 1.62. The van der Waals surface area contributed by atoms with Gasteiger partial charge in [0.05, 0.1) is 5.56 Å². The molecule has 1 aliphatic rings. The van der Waals surface area contributed by atoms with Gasteiger partial charge in [0, 0.05) is 12.4 Å². The van der Waals surface area contributed by atoms with Crippen molar-refractivity contribution in [3.05, 3.63) is 29.6 Å². The Bertz CT molecular complexity index is 454. The van der Waals surface area contributed by atoms with Gasteiger partial charge in [-0.15, -0.1) is 0 Å². The molecule has 1 aromatic rings. The minimum absolute atomic E-state index is 0.293. The fraction of sp³-hybridized carbons (Fsp3) is 0.600. The van der Waals surface area contributed by atoms with Crippen LogP contribution in [0.4, 0.5) is 0 Å². The molecule has 0 saturated heterocycles. The fourth-order valence-electron chi connectivity index (χ4n) is 3.52. The summed E-state index contributed by atoms with van der Waals surface area (Å²) in [5.74, 6) is 0.126. The lowest BCUT2D eigenvalue weighted by molar-refractivity contribution is 0.0692. The second kappa shape index (κ2) is 4.71. The Kier molecular flexibility index (Phi) is 3.42. The monoisotopic (exact) mass is 247 g/mol. The van der Waals surface area contributed by atoms with Crippen molar-refractivity contribution in [2.45, 2.75) is 46.0 Å². The molecule has 1 heterocycles. The SMILES string of the molecule is CC1CC(c2ccncc2C(=O)O)CC(C)(C)C1. The van der Waals surface area contributed by atoms with Crippen LogP contribution in [0.25, 0.3) is 0 Å². The molecule has 0 aromatic carbocycles. The summed E-state index contributed by atoms with van der Waals surface area (Å²) >= 11 is 0. The van der Waals surface area contributed by atoms with E-state index < -0.39 is 5.97 Å². The summed E-state index contributed by atoms with van der Waals surface area (Å²) in [4.78, 5) is 15.2. The molecule has 2 unspecified atom stereocenters. The molecule has 3 nitrogen and oxygen atoms in total. The lowest BCUT2D eigenvalue weighted by Gasteiger charge is -2.39. The maximum absolute atomic E-state index is 11.3. The molecule has 0 spiro atoms. The van der Waals surface area contributed by atoms with Gasteiger partial charge in [-0.25, -0.2) is 4.79 Å². The zero-order chi connectivity index (χ0) is 13.3. The third kappa shape index (κ3) is 2.71. The first-order valence-corrected chi connectivity index (χ1v) is 6.56. The molecule has 18 heavy (non-hydrogen) atoms. The van der Waals surface area contributed by atoms with Crippen molar-refractivity contribution in [2.24, 2.45) is 11.3 Å². The van der Waals surface area contributed by atoms with Gasteiger partial charge >= 0.3 is 5.97 Å². The van der Waals surface area contributed by atoms with Crippen molar-refractivity contribution in [3.63, 3.8) is 0 Å². The van der Waals surface area contributed by atoms with Crippen LogP contribution >= 0.6 is 0 Å². The average molecular weight is 247 g/mol. The van der Waals surface area contributed by atoms with Gasteiger partial charge in [-0.05, 0) is 48.1 Å². The van der Waals surface area contributed by atoms with Crippen LogP contribution in [0.5, 0.6) is 0 Å². The number of carboxylic acids is 1. The lowest BCUT2D eigenvalue weighted by Crippen LogP contribution is -2.27. The number of hydrogen-bond donors (Lipinski definition) is 1. The zero-order valence-electron chi connectivity index (χ0n) is 11.3. The van der Waals surface area contributed by atoms with Crippen LogP contribution in [0.2, 0.25) is 0 Å². The van der Waals surface area contributed by atoms with E-state index in [9.17, 15) is 9.90 Å². The van der Waals surface area contributed by atoms with Gasteiger partial charge in [0.15, 0.2) is 0 Å². The highest BCUT2D eigenvalue weighted by Gasteiger charge is 2.34. The maximum atomic E-state index is 11.3. The minimum atomic E-state index is -0.867. The number of aromatic carboxylic acids is 1. The normalized spacial score (nSPS) is 26.8. The summed E-state index contributed by atoms with van der Waals surface area (Å²) < 4.78 is 0. The number of hydrogen-bond acceptors (Lipinski definition) is 2. The second-order valence-electron chi connectivity index (χ2n) is 6.38. The largest absolute Gasteiger partial charge is 0.478 e. The molecule has 3 heteroatoms. The van der Waals surface area contributed by atoms with E-state index in [-0.39, 0.29) is 0 Å². The summed E-state index contributed by atoms with van der Waals surface area (Å²) in [7, 11) is 0. The van der Waals surface area contributed by atoms with Crippen LogP contribution in [-0.2, 0) is 0 Å². The van der Waals surface area contributed by atoms with Crippen molar-refractivity contribution in [3.8, 4) is 0 Å². The molecule has 0 radical (unpaired) electrons. The van der Waals surface area contributed by atoms with Gasteiger partial charge in [-0.2, -0.15) is 0 Å². The zero-order valence-corrected chi connectivity index (χ0v) is 11.3. The standard InChI is InChI=1S/C15H21NO2/c1-10-6-11(8-15(2,3)7-10)12-4-5-16-9-13(12)14(17)18/h4-5,9-11H,6-8H2,1-3H3,(H,17,18). The van der Waals surface area contributed by atoms with Gasteiger partial charge in [0.1, 0.15) is 0 Å². The number of nitrogens with zero attached hydrogens (tertiary/aromatic N) is 1. The summed E-state index contributed by atoms with van der Waals surface area (Å²) in [5, 5.41) is 9.25. The van der Waals surface area contributed by atoms with Gasteiger partial charge < -0.3 is 5.11 Å². The third-order valence-corrected chi connectivity index (χ3v) is 3.91. The second-order valence-corrected chi connectivity index (χ2v) is 6.38. The predicted molar refractivity (Wildman–Crippen MR) is 70.7 cm³/mol. The van der Waals surface area contributed by atoms with E-state index in [1.165, 1.54) is 12.6 Å². The van der Waals surface area contributed by atoms with Crippen LogP contribution < -0.4 is 0 Å². The highest BCUT2D eigenvalue weighted by molar-refractivity contribution is 5.89. The van der Waals surface area contributed by atoms with Crippen molar-refractivity contribution in [2.75, 3.05) is 0 Å². The van der Waals surface area contributed by atoms with Crippen molar-refractivity contribution in [1.29, 1.82) is 0 Å². The Morgan fingerprint density at radius 1 is 1.44 bits per heavy atom. The van der Waals surface area contributed by atoms with E-state index in [4.69, 9.17) is 0 Å². The van der Waals surface area contributed by atoms with E-state index >= 15 is 0 Å². The highest BCUT2D eigenvalue weighted by atomic mass is 16.4. The quantitative estimate of drug-likeness (QED) is 0.866. The van der Waals surface area contributed by atoms with Crippen LogP contribution in [0.15, 0.2) is 18.5 Å². The van der Waals surface area contributed by atoms with E-state index in [1.807, 2.05) is 6.07 Å². The minimum Gasteiger partial charge on any atom is -0.478 e. The van der Waals surface area contributed by atoms with E-state index in [0.717, 1.165) is 18.4 Å². The average Bonchev–Trinajstić information content (AvgIpc) is 2.26. The lowest BCUT2D eigenvalue weighted by atomic mass is 9.66. The predicted octanol–water partition coefficient (Wildman–Crippen LogP) is 3.71. The molecule has 0 bridgehead atoms. The molecule has 1 aromatic heterocycles. The van der Waals surface area contributed by atoms with Gasteiger partial charge in [0.2, 0.25) is 0 Å². The Hall–Kier alpha value is -1.38. The topological polar surface area (TPSA) is 50.2 Å². The van der Waals surface area contributed by atoms with Crippen LogP contribution in [0.1, 0.15) is 61.9 Å². The summed E-state index contributed by atoms with van der Waals surface area (Å²) in [6.07, 6.45) is 6.53. The number of carbonyl (C=O) groups is 1. The van der Waals surface area contributed by atoms with Crippen LogP contribution in [-0.4, -0.2) is 16.1 Å². The van der Waals surface area contributed by atoms with Gasteiger partial charge in [-0.1, -0.05) is 20.8 Å². The Morgan fingerprint density at radius 2 is 2.17 bits per heavy atom. The van der Waals surface area contributed by atoms with Crippen LogP contribution in [0, 0.1) is 11.3 Å². The molecule has 0 aliphatic heterocycles. The van der Waals surface area contributed by atoms with E-state index in [2.05, 4.69) is 25.8 Å². The highest BCUT2D eigenvalue weighted by Crippen LogP contribution is 2.46. The number of aromatic nitrogens is 1. The van der Waals surface area contributed by atoms with Crippen molar-refractivity contribution in [1.82, 2.24) is 4.98 Å². The number of pyridine rings is 1. The molecular weight excluding hydrogens is 226 g/mol. The van der Waals surface area contributed by atoms with Gasteiger partial charge in [0.25, 0.3) is 0 Å². The first-order chi connectivity index (χ1) is 8.39. The molecule has 0 amide bonds. The number of carboxylic acid groups (broad SMARTS) is 1. The molecule has 1 saturated carbocycles. The van der Waals surface area contributed by atoms with E-state index in [0.29, 0.717) is 22.8 Å². The molecule has 1 fully saturated rings. The first kappa shape index (κ1) is 13.1. The smallest absolute Gasteiger partial charge is 0.337 e. The van der Waals surface area contributed by atoms with Crippen molar-refractivity contribution < 1.29 is 9.90 Å². The molecule has 98 valence electrons. The summed E-state index contributed by atoms with van der Waals surface area (Å²) in [6, 6.07) is 1.88. The van der Waals surface area contributed by atoms with Gasteiger partial charge in [-0.3, -0.25) is 4.98 Å². The molecular formula is C15H21NO2. The molecule has 2 rings (SSSR count). The molecule has 1 aliphatic carbocycles. The van der Waals surface area contributed by atoms with Crippen molar-refractivity contribution >= 4 is 5.97 Å². The Morgan fingerprint density at radius 3 is 2.78 bits per heavy atom. The Labute approximate surface area is 108 Å². The van der Waals surface area contributed by atoms with Crippen LogP contribution in [0.3, 0.4) is 0 Å². The summed E-state index contributed by atoms with van der Waals surface area (Å²) in [6.45, 7) is 6.81. The molecule has 1 N–H and O–H groups in total. The fourth-order valence-corrected chi connectivity index (χ4v) is 3.52. The number of rotatable bonds is 2. The van der Waals surface area contributed by atoms with E-state index in [1.54, 1.807) is 6.20 Å². The molecule has 2 atom stereocenters. The third-order valence-electron chi connectivity index (χ3n) is 3.91.